The minimum absolute atomic E-state index is 0.00436. The lowest BCUT2D eigenvalue weighted by molar-refractivity contribution is -0.139. The summed E-state index contributed by atoms with van der Waals surface area (Å²) in [5.41, 5.74) is 2.56. The first-order valence-corrected chi connectivity index (χ1v) is 9.97. The monoisotopic (exact) mass is 438 g/mol. The largest absolute Gasteiger partial charge is 0.344 e. The number of amides is 4. The van der Waals surface area contributed by atoms with Gasteiger partial charge in [0, 0.05) is 10.5 Å². The van der Waals surface area contributed by atoms with Crippen LogP contribution in [0.5, 0.6) is 0 Å². The molecule has 4 amide bonds. The Bertz CT molecular complexity index is 727. The Morgan fingerprint density at radius 3 is 2.56 bits per heavy atom. The van der Waals surface area contributed by atoms with E-state index in [1.165, 1.54) is 0 Å². The fourth-order valence-electron chi connectivity index (χ4n) is 3.08. The second kappa shape index (κ2) is 8.84. The average molecular weight is 439 g/mol. The Balaban J connectivity index is 2.08. The number of imide groups is 1. The highest BCUT2D eigenvalue weighted by atomic mass is 79.9. The molecule has 1 fully saturated rings. The summed E-state index contributed by atoms with van der Waals surface area (Å²) < 4.78 is 0.979. The van der Waals surface area contributed by atoms with E-state index in [0.29, 0.717) is 13.0 Å². The summed E-state index contributed by atoms with van der Waals surface area (Å²) in [5.74, 6) is -0.838. The molecule has 0 unspecified atom stereocenters. The molecule has 148 valence electrons. The number of hydrazine groups is 1. The van der Waals surface area contributed by atoms with Crippen LogP contribution in [0.25, 0.3) is 0 Å². The highest BCUT2D eigenvalue weighted by Gasteiger charge is 2.47. The third-order valence-electron chi connectivity index (χ3n) is 4.97. The maximum Gasteiger partial charge on any atom is 0.344 e. The van der Waals surface area contributed by atoms with E-state index in [-0.39, 0.29) is 12.6 Å². The zero-order valence-electron chi connectivity index (χ0n) is 16.2. The predicted octanol–water partition coefficient (Wildman–Crippen LogP) is 2.97. The number of nitrogens with one attached hydrogen (secondary N) is 2. The molecule has 2 rings (SSSR count). The smallest absolute Gasteiger partial charge is 0.322 e. The zero-order valence-corrected chi connectivity index (χ0v) is 17.8. The van der Waals surface area contributed by atoms with Gasteiger partial charge in [0.15, 0.2) is 0 Å². The van der Waals surface area contributed by atoms with Crippen molar-refractivity contribution in [3.8, 4) is 0 Å². The van der Waals surface area contributed by atoms with Gasteiger partial charge in [0.05, 0.1) is 6.54 Å². The summed E-state index contributed by atoms with van der Waals surface area (Å²) in [7, 11) is 0. The van der Waals surface area contributed by atoms with E-state index in [1.807, 2.05) is 49.9 Å². The van der Waals surface area contributed by atoms with Gasteiger partial charge in [0.2, 0.25) is 0 Å². The standard InChI is InChI=1S/C19H27BrN4O3/c1-5-11-23(13(3)14-9-7-8-10-15(14)20)12-16(25)22-24-17(26)19(4,6-2)21-18(24)27/h7-10,13H,5-6,11-12H2,1-4H3,(H,21,27)(H,22,25)/t13-,19+/m1/s1. The number of hydrogen-bond acceptors (Lipinski definition) is 4. The lowest BCUT2D eigenvalue weighted by Crippen LogP contribution is -2.51. The van der Waals surface area contributed by atoms with Crippen molar-refractivity contribution in [2.75, 3.05) is 13.1 Å². The van der Waals surface area contributed by atoms with Crippen LogP contribution < -0.4 is 10.7 Å². The van der Waals surface area contributed by atoms with Gasteiger partial charge in [-0.15, -0.1) is 0 Å². The van der Waals surface area contributed by atoms with E-state index in [4.69, 9.17) is 0 Å². The first kappa shape index (κ1) is 21.4. The topological polar surface area (TPSA) is 81.8 Å². The van der Waals surface area contributed by atoms with Crippen LogP contribution in [0.2, 0.25) is 0 Å². The van der Waals surface area contributed by atoms with E-state index >= 15 is 0 Å². The van der Waals surface area contributed by atoms with Crippen LogP contribution in [0.15, 0.2) is 28.7 Å². The van der Waals surface area contributed by atoms with Gasteiger partial charge in [0.1, 0.15) is 5.54 Å². The summed E-state index contributed by atoms with van der Waals surface area (Å²) in [6.45, 7) is 8.33. The van der Waals surface area contributed by atoms with Crippen molar-refractivity contribution in [2.45, 2.75) is 52.1 Å². The van der Waals surface area contributed by atoms with Gasteiger partial charge in [-0.1, -0.05) is 48.0 Å². The molecule has 0 aliphatic carbocycles. The second-order valence-corrected chi connectivity index (χ2v) is 7.81. The molecular formula is C19H27BrN4O3. The molecule has 2 N–H and O–H groups in total. The van der Waals surface area contributed by atoms with Crippen molar-refractivity contribution < 1.29 is 14.4 Å². The van der Waals surface area contributed by atoms with E-state index in [9.17, 15) is 14.4 Å². The fourth-order valence-corrected chi connectivity index (χ4v) is 3.69. The van der Waals surface area contributed by atoms with Crippen LogP contribution in [-0.2, 0) is 9.59 Å². The normalized spacial score (nSPS) is 20.7. The van der Waals surface area contributed by atoms with Gasteiger partial charge in [-0.3, -0.25) is 19.9 Å². The van der Waals surface area contributed by atoms with Crippen molar-refractivity contribution in [3.63, 3.8) is 0 Å². The number of carbonyl (C=O) groups excluding carboxylic acids is 3. The highest BCUT2D eigenvalue weighted by molar-refractivity contribution is 9.10. The first-order chi connectivity index (χ1) is 12.7. The molecule has 27 heavy (non-hydrogen) atoms. The molecular weight excluding hydrogens is 412 g/mol. The molecule has 1 aromatic carbocycles. The molecule has 1 aliphatic rings. The fraction of sp³-hybridized carbons (Fsp3) is 0.526. The molecule has 1 aromatic rings. The van der Waals surface area contributed by atoms with Crippen LogP contribution >= 0.6 is 15.9 Å². The van der Waals surface area contributed by atoms with Crippen LogP contribution in [0.4, 0.5) is 4.79 Å². The number of halogens is 1. The number of benzene rings is 1. The van der Waals surface area contributed by atoms with Crippen molar-refractivity contribution in [2.24, 2.45) is 0 Å². The van der Waals surface area contributed by atoms with Gasteiger partial charge in [-0.05, 0) is 44.9 Å². The molecule has 8 heteroatoms. The van der Waals surface area contributed by atoms with Gasteiger partial charge >= 0.3 is 6.03 Å². The van der Waals surface area contributed by atoms with Crippen LogP contribution in [-0.4, -0.2) is 46.4 Å². The van der Waals surface area contributed by atoms with Crippen molar-refractivity contribution in [1.82, 2.24) is 20.7 Å². The number of urea groups is 1. The number of rotatable bonds is 8. The number of nitrogens with zero attached hydrogens (tertiary/aromatic N) is 2. The Hall–Kier alpha value is -1.93. The molecule has 0 saturated carbocycles. The van der Waals surface area contributed by atoms with Gasteiger partial charge in [-0.25, -0.2) is 4.79 Å². The molecule has 2 atom stereocenters. The molecule has 0 spiro atoms. The zero-order chi connectivity index (χ0) is 20.2. The van der Waals surface area contributed by atoms with Crippen molar-refractivity contribution >= 4 is 33.8 Å². The highest BCUT2D eigenvalue weighted by Crippen LogP contribution is 2.27. The van der Waals surface area contributed by atoms with E-state index in [1.54, 1.807) is 6.92 Å². The maximum absolute atomic E-state index is 12.6. The first-order valence-electron chi connectivity index (χ1n) is 9.18. The van der Waals surface area contributed by atoms with E-state index in [2.05, 4.69) is 26.7 Å². The van der Waals surface area contributed by atoms with Crippen LogP contribution in [0, 0.1) is 0 Å². The average Bonchev–Trinajstić information content (AvgIpc) is 2.85. The summed E-state index contributed by atoms with van der Waals surface area (Å²) in [6, 6.07) is 7.28. The Morgan fingerprint density at radius 1 is 1.33 bits per heavy atom. The number of carbonyl (C=O) groups is 3. The van der Waals surface area contributed by atoms with E-state index in [0.717, 1.165) is 21.5 Å². The summed E-state index contributed by atoms with van der Waals surface area (Å²) in [6.07, 6.45) is 1.32. The molecule has 1 heterocycles. The quantitative estimate of drug-likeness (QED) is 0.611. The predicted molar refractivity (Wildman–Crippen MR) is 107 cm³/mol. The Labute approximate surface area is 168 Å². The lowest BCUT2D eigenvalue weighted by atomic mass is 10.00. The Morgan fingerprint density at radius 2 is 2.00 bits per heavy atom. The SMILES string of the molecule is CCCN(CC(=O)NN1C(=O)N[C@@](C)(CC)C1=O)[C@H](C)c1ccccc1Br. The molecule has 1 aliphatic heterocycles. The number of hydrogen-bond donors (Lipinski definition) is 2. The summed E-state index contributed by atoms with van der Waals surface area (Å²) >= 11 is 3.56. The second-order valence-electron chi connectivity index (χ2n) is 6.96. The minimum Gasteiger partial charge on any atom is -0.322 e. The molecule has 7 nitrogen and oxygen atoms in total. The minimum atomic E-state index is -0.977. The van der Waals surface area contributed by atoms with Gasteiger partial charge in [-0.2, -0.15) is 5.01 Å². The third-order valence-corrected chi connectivity index (χ3v) is 5.69. The molecule has 0 radical (unpaired) electrons. The molecule has 1 saturated heterocycles. The van der Waals surface area contributed by atoms with Crippen LogP contribution in [0.1, 0.15) is 52.1 Å². The van der Waals surface area contributed by atoms with Gasteiger partial charge < -0.3 is 5.32 Å². The molecule has 0 bridgehead atoms. The van der Waals surface area contributed by atoms with Crippen molar-refractivity contribution in [3.05, 3.63) is 34.3 Å². The molecule has 0 aromatic heterocycles. The lowest BCUT2D eigenvalue weighted by Gasteiger charge is -2.29. The summed E-state index contributed by atoms with van der Waals surface area (Å²) in [4.78, 5) is 39.1. The summed E-state index contributed by atoms with van der Waals surface area (Å²) in [5, 5.41) is 3.41. The maximum atomic E-state index is 12.6. The third kappa shape index (κ3) is 4.68. The van der Waals surface area contributed by atoms with Gasteiger partial charge in [0.25, 0.3) is 11.8 Å². The van der Waals surface area contributed by atoms with E-state index < -0.39 is 23.4 Å². The van der Waals surface area contributed by atoms with Crippen LogP contribution in [0.3, 0.4) is 0 Å². The van der Waals surface area contributed by atoms with Crippen molar-refractivity contribution in [1.29, 1.82) is 0 Å². The Kier molecular flexibility index (Phi) is 7.00.